The Morgan fingerprint density at radius 3 is 1.32 bits per heavy atom. The highest BCUT2D eigenvalue weighted by Gasteiger charge is 2.30. The van der Waals surface area contributed by atoms with Gasteiger partial charge in [0.2, 0.25) is 0 Å². The van der Waals surface area contributed by atoms with Crippen LogP contribution in [0.2, 0.25) is 0 Å². The number of aliphatic hydroxyl groups is 2. The fourth-order valence-electron chi connectivity index (χ4n) is 2.84. The molecule has 0 aromatic heterocycles. The topological polar surface area (TPSA) is 73.7 Å². The summed E-state index contributed by atoms with van der Waals surface area (Å²) in [6.45, 7) is 1.64. The molecule has 0 spiro atoms. The number of quaternary nitrogens is 2. The largest absolute Gasteiger partial charge is 0.391 e. The zero-order valence-electron chi connectivity index (χ0n) is 12.8. The number of hydrogen-bond acceptors (Lipinski definition) is 2. The summed E-state index contributed by atoms with van der Waals surface area (Å²) < 4.78 is 0. The van der Waals surface area contributed by atoms with Gasteiger partial charge in [-0.1, -0.05) is 60.7 Å². The molecule has 2 rings (SSSR count). The summed E-state index contributed by atoms with van der Waals surface area (Å²) >= 11 is 0. The van der Waals surface area contributed by atoms with Crippen molar-refractivity contribution in [1.82, 2.24) is 0 Å². The van der Waals surface area contributed by atoms with Crippen LogP contribution in [0.25, 0.3) is 0 Å². The lowest BCUT2D eigenvalue weighted by atomic mass is 9.93. The van der Waals surface area contributed by atoms with Crippen molar-refractivity contribution in [3.63, 3.8) is 0 Å². The van der Waals surface area contributed by atoms with Crippen LogP contribution in [-0.4, -0.2) is 36.5 Å². The van der Waals surface area contributed by atoms with Crippen LogP contribution < -0.4 is 10.6 Å². The first kappa shape index (κ1) is 16.6. The molecule has 0 radical (unpaired) electrons. The van der Waals surface area contributed by atoms with Crippen LogP contribution in [0.5, 0.6) is 0 Å². The molecule has 118 valence electrons. The first-order chi connectivity index (χ1) is 10.9. The van der Waals surface area contributed by atoms with E-state index in [1.165, 1.54) is 11.1 Å². The SMILES string of the molecule is OCC[NH2+][C@H](c1ccccc1)[C@H]([NH2+]CCO)c1ccccc1. The van der Waals surface area contributed by atoms with E-state index in [-0.39, 0.29) is 25.3 Å². The van der Waals surface area contributed by atoms with Crippen LogP contribution in [0.4, 0.5) is 0 Å². The molecule has 0 bridgehead atoms. The van der Waals surface area contributed by atoms with Crippen molar-refractivity contribution in [3.8, 4) is 0 Å². The Kier molecular flexibility index (Phi) is 7.06. The van der Waals surface area contributed by atoms with E-state index in [9.17, 15) is 10.2 Å². The van der Waals surface area contributed by atoms with Gasteiger partial charge in [0, 0.05) is 11.1 Å². The van der Waals surface area contributed by atoms with E-state index >= 15 is 0 Å². The van der Waals surface area contributed by atoms with Crippen molar-refractivity contribution in [1.29, 1.82) is 0 Å². The number of rotatable bonds is 9. The molecule has 0 unspecified atom stereocenters. The summed E-state index contributed by atoms with van der Waals surface area (Å²) in [5.74, 6) is 0. The predicted octanol–water partition coefficient (Wildman–Crippen LogP) is -0.420. The van der Waals surface area contributed by atoms with Crippen molar-refractivity contribution in [2.45, 2.75) is 12.1 Å². The van der Waals surface area contributed by atoms with Gasteiger partial charge in [0.15, 0.2) is 12.1 Å². The van der Waals surface area contributed by atoms with Crippen molar-refractivity contribution in [3.05, 3.63) is 71.8 Å². The molecule has 4 nitrogen and oxygen atoms in total. The Bertz CT molecular complexity index is 470. The Hall–Kier alpha value is -1.72. The average Bonchev–Trinajstić information content (AvgIpc) is 2.59. The quantitative estimate of drug-likeness (QED) is 0.508. The molecule has 0 aliphatic heterocycles. The molecule has 0 amide bonds. The maximum absolute atomic E-state index is 9.21. The minimum atomic E-state index is 0.158. The van der Waals surface area contributed by atoms with Crippen LogP contribution in [0.3, 0.4) is 0 Å². The normalized spacial score (nSPS) is 13.7. The van der Waals surface area contributed by atoms with Gasteiger partial charge in [-0.2, -0.15) is 0 Å². The third-order valence-electron chi connectivity index (χ3n) is 3.86. The fourth-order valence-corrected chi connectivity index (χ4v) is 2.84. The minimum absolute atomic E-state index is 0.158. The molecular weight excluding hydrogens is 276 g/mol. The lowest BCUT2D eigenvalue weighted by Crippen LogP contribution is -2.96. The van der Waals surface area contributed by atoms with E-state index in [2.05, 4.69) is 34.9 Å². The maximum atomic E-state index is 9.21. The van der Waals surface area contributed by atoms with Crippen LogP contribution >= 0.6 is 0 Å². The van der Waals surface area contributed by atoms with Crippen LogP contribution in [0.15, 0.2) is 60.7 Å². The lowest BCUT2D eigenvalue weighted by Gasteiger charge is -2.24. The van der Waals surface area contributed by atoms with E-state index < -0.39 is 0 Å². The number of aliphatic hydroxyl groups excluding tert-OH is 2. The van der Waals surface area contributed by atoms with Gasteiger partial charge < -0.3 is 20.8 Å². The van der Waals surface area contributed by atoms with Crippen LogP contribution in [0, 0.1) is 0 Å². The number of nitrogens with two attached hydrogens (primary N) is 2. The molecule has 0 heterocycles. The van der Waals surface area contributed by atoms with E-state index in [0.717, 1.165) is 0 Å². The Labute approximate surface area is 131 Å². The summed E-state index contributed by atoms with van der Waals surface area (Å²) in [5.41, 5.74) is 2.47. The molecular formula is C18H26N2O2+2. The van der Waals surface area contributed by atoms with E-state index in [1.807, 2.05) is 36.4 Å². The zero-order valence-corrected chi connectivity index (χ0v) is 12.8. The van der Waals surface area contributed by atoms with Crippen LogP contribution in [0.1, 0.15) is 23.2 Å². The predicted molar refractivity (Wildman–Crippen MR) is 86.1 cm³/mol. The van der Waals surface area contributed by atoms with Crippen molar-refractivity contribution >= 4 is 0 Å². The Morgan fingerprint density at radius 2 is 1.00 bits per heavy atom. The molecule has 6 N–H and O–H groups in total. The second-order valence-electron chi connectivity index (χ2n) is 5.37. The molecule has 2 aromatic rings. The van der Waals surface area contributed by atoms with Gasteiger partial charge in [-0.25, -0.2) is 0 Å². The number of benzene rings is 2. The molecule has 0 aliphatic carbocycles. The maximum Gasteiger partial charge on any atom is 0.168 e. The highest BCUT2D eigenvalue weighted by atomic mass is 16.3. The van der Waals surface area contributed by atoms with Gasteiger partial charge >= 0.3 is 0 Å². The van der Waals surface area contributed by atoms with Gasteiger partial charge in [0.05, 0.1) is 26.3 Å². The third kappa shape index (κ3) is 4.64. The van der Waals surface area contributed by atoms with Gasteiger partial charge in [0.25, 0.3) is 0 Å². The summed E-state index contributed by atoms with van der Waals surface area (Å²) in [6, 6.07) is 21.1. The Morgan fingerprint density at radius 1 is 0.636 bits per heavy atom. The van der Waals surface area contributed by atoms with E-state index in [0.29, 0.717) is 13.1 Å². The molecule has 2 aromatic carbocycles. The molecule has 4 heteroatoms. The second kappa shape index (κ2) is 9.33. The zero-order chi connectivity index (χ0) is 15.6. The highest BCUT2D eigenvalue weighted by Crippen LogP contribution is 2.22. The molecule has 0 fully saturated rings. The molecule has 22 heavy (non-hydrogen) atoms. The smallest absolute Gasteiger partial charge is 0.168 e. The van der Waals surface area contributed by atoms with Crippen molar-refractivity contribution < 1.29 is 20.8 Å². The fraction of sp³-hybridized carbons (Fsp3) is 0.333. The van der Waals surface area contributed by atoms with Gasteiger partial charge in [-0.05, 0) is 0 Å². The highest BCUT2D eigenvalue weighted by molar-refractivity contribution is 5.24. The summed E-state index contributed by atoms with van der Waals surface area (Å²) in [5, 5.41) is 22.8. The third-order valence-corrected chi connectivity index (χ3v) is 3.86. The second-order valence-corrected chi connectivity index (χ2v) is 5.37. The molecule has 0 saturated carbocycles. The van der Waals surface area contributed by atoms with E-state index in [1.54, 1.807) is 0 Å². The average molecular weight is 302 g/mol. The Balaban J connectivity index is 2.30. The van der Waals surface area contributed by atoms with Crippen molar-refractivity contribution in [2.75, 3.05) is 26.3 Å². The first-order valence-corrected chi connectivity index (χ1v) is 7.85. The standard InChI is InChI=1S/C18H24N2O2/c21-13-11-19-17(15-7-3-1-4-8-15)18(20-12-14-22)16-9-5-2-6-10-16/h1-10,17-22H,11-14H2/p+2/t17-,18-/m1/s1. The molecule has 0 aliphatic rings. The molecule has 2 atom stereocenters. The lowest BCUT2D eigenvalue weighted by molar-refractivity contribution is -0.785. The monoisotopic (exact) mass is 302 g/mol. The van der Waals surface area contributed by atoms with Gasteiger partial charge in [-0.15, -0.1) is 0 Å². The van der Waals surface area contributed by atoms with Gasteiger partial charge in [-0.3, -0.25) is 0 Å². The summed E-state index contributed by atoms with van der Waals surface area (Å²) in [4.78, 5) is 0. The number of hydrogen-bond donors (Lipinski definition) is 4. The molecule has 0 saturated heterocycles. The minimum Gasteiger partial charge on any atom is -0.391 e. The van der Waals surface area contributed by atoms with E-state index in [4.69, 9.17) is 0 Å². The summed E-state index contributed by atoms with van der Waals surface area (Å²) in [6.07, 6.45) is 0. The van der Waals surface area contributed by atoms with Crippen molar-refractivity contribution in [2.24, 2.45) is 0 Å². The summed E-state index contributed by atoms with van der Waals surface area (Å²) in [7, 11) is 0. The first-order valence-electron chi connectivity index (χ1n) is 7.85. The van der Waals surface area contributed by atoms with Gasteiger partial charge in [0.1, 0.15) is 0 Å². The van der Waals surface area contributed by atoms with Crippen LogP contribution in [-0.2, 0) is 0 Å².